The van der Waals surface area contributed by atoms with Gasteiger partial charge in [0.1, 0.15) is 11.9 Å². The molecule has 12 heteroatoms. The fourth-order valence-electron chi connectivity index (χ4n) is 3.77. The van der Waals surface area contributed by atoms with Gasteiger partial charge in [-0.3, -0.25) is 9.36 Å². The molecule has 0 bridgehead atoms. The molecule has 186 valence electrons. The highest BCUT2D eigenvalue weighted by Gasteiger charge is 2.35. The summed E-state index contributed by atoms with van der Waals surface area (Å²) in [5.41, 5.74) is 0.102. The van der Waals surface area contributed by atoms with Crippen LogP contribution in [0.3, 0.4) is 0 Å². The summed E-state index contributed by atoms with van der Waals surface area (Å²) < 4.78 is 71.8. The number of hydrogen-bond acceptors (Lipinski definition) is 6. The normalized spacial score (nSPS) is 19.0. The van der Waals surface area contributed by atoms with Crippen LogP contribution < -0.4 is 10.3 Å². The van der Waals surface area contributed by atoms with E-state index in [1.165, 1.54) is 46.0 Å². The second-order valence-electron chi connectivity index (χ2n) is 8.03. The molecular formula is C22H25F3N2O6S. The molecule has 1 fully saturated rings. The maximum atomic E-state index is 12.6. The van der Waals surface area contributed by atoms with Crippen LogP contribution in [0.25, 0.3) is 5.69 Å². The third-order valence-electron chi connectivity index (χ3n) is 5.47. The first-order valence-electron chi connectivity index (χ1n) is 10.6. The highest BCUT2D eigenvalue weighted by atomic mass is 32.2. The highest BCUT2D eigenvalue weighted by molar-refractivity contribution is 7.90. The number of halogens is 3. The van der Waals surface area contributed by atoms with Gasteiger partial charge < -0.3 is 14.4 Å². The zero-order chi connectivity index (χ0) is 25.1. The molecule has 8 nitrogen and oxygen atoms in total. The molecule has 34 heavy (non-hydrogen) atoms. The highest BCUT2D eigenvalue weighted by Crippen LogP contribution is 2.26. The predicted octanol–water partition coefficient (Wildman–Crippen LogP) is 3.56. The Labute approximate surface area is 194 Å². The number of carbonyl (C=O) groups excluding carboxylic acids is 1. The number of sulfone groups is 1. The van der Waals surface area contributed by atoms with Crippen LogP contribution in [0.4, 0.5) is 18.0 Å². The van der Waals surface area contributed by atoms with Crippen LogP contribution in [0.15, 0.2) is 52.3 Å². The number of carbonyl (C=O) groups is 1. The molecule has 1 amide bonds. The zero-order valence-corrected chi connectivity index (χ0v) is 19.4. The van der Waals surface area contributed by atoms with Crippen molar-refractivity contribution in [3.05, 3.63) is 52.9 Å². The van der Waals surface area contributed by atoms with Crippen molar-refractivity contribution < 1.29 is 35.9 Å². The first-order valence-corrected chi connectivity index (χ1v) is 12.5. The summed E-state index contributed by atoms with van der Waals surface area (Å²) in [6.45, 7) is 0.350. The Hall–Kier alpha value is -3.02. The summed E-state index contributed by atoms with van der Waals surface area (Å²) >= 11 is 0. The van der Waals surface area contributed by atoms with E-state index in [-0.39, 0.29) is 29.1 Å². The lowest BCUT2D eigenvalue weighted by Gasteiger charge is -2.38. The number of likely N-dealkylation sites (tertiary alicyclic amines) is 1. The zero-order valence-electron chi connectivity index (χ0n) is 18.6. The Morgan fingerprint density at radius 1 is 1.18 bits per heavy atom. The molecule has 3 rings (SSSR count). The Morgan fingerprint density at radius 3 is 2.41 bits per heavy atom. The van der Waals surface area contributed by atoms with E-state index in [1.54, 1.807) is 6.07 Å². The monoisotopic (exact) mass is 502 g/mol. The van der Waals surface area contributed by atoms with Gasteiger partial charge >= 0.3 is 12.3 Å². The molecule has 1 aromatic heterocycles. The Morgan fingerprint density at radius 2 is 1.85 bits per heavy atom. The molecule has 1 aliphatic heterocycles. The van der Waals surface area contributed by atoms with Gasteiger partial charge in [-0.1, -0.05) is 6.92 Å². The van der Waals surface area contributed by atoms with E-state index in [2.05, 4.69) is 4.74 Å². The summed E-state index contributed by atoms with van der Waals surface area (Å²) in [5.74, 6) is 0.321. The number of rotatable bonds is 6. The van der Waals surface area contributed by atoms with Crippen molar-refractivity contribution in [2.24, 2.45) is 0 Å². The number of benzene rings is 1. The lowest BCUT2D eigenvalue weighted by Crippen LogP contribution is -2.49. The van der Waals surface area contributed by atoms with E-state index in [0.29, 0.717) is 30.7 Å². The largest absolute Gasteiger partial charge is 0.490 e. The molecule has 1 aliphatic rings. The Balaban J connectivity index is 1.65. The van der Waals surface area contributed by atoms with E-state index in [4.69, 9.17) is 4.74 Å². The Kier molecular flexibility index (Phi) is 7.59. The smallest absolute Gasteiger partial charge is 0.422 e. The van der Waals surface area contributed by atoms with Crippen LogP contribution in [0.5, 0.6) is 5.75 Å². The van der Waals surface area contributed by atoms with E-state index in [9.17, 15) is 31.2 Å². The minimum Gasteiger partial charge on any atom is -0.490 e. The third-order valence-corrected chi connectivity index (χ3v) is 6.60. The van der Waals surface area contributed by atoms with Crippen LogP contribution >= 0.6 is 0 Å². The van der Waals surface area contributed by atoms with Gasteiger partial charge in [0.05, 0.1) is 4.90 Å². The lowest BCUT2D eigenvalue weighted by molar-refractivity contribution is -0.163. The van der Waals surface area contributed by atoms with E-state index >= 15 is 0 Å². The minimum absolute atomic E-state index is 0.142. The average Bonchev–Trinajstić information content (AvgIpc) is 2.76. The third kappa shape index (κ3) is 6.52. The standard InChI is InChI=1S/C22H25F3N2O6S/c1-3-15-12-17(9-11-27(15)21(29)32-14-22(23,24)25)33-18-8-10-26(20(28)13-18)16-4-6-19(7-5-16)34(2,30)31/h4-8,10,13,15,17H,3,9,11-12,14H2,1-2H3/t15-,17-/m1/s1. The SMILES string of the molecule is CC[C@@H]1C[C@H](Oc2ccn(-c3ccc(S(C)(=O)=O)cc3)c(=O)c2)CCN1C(=O)OCC(F)(F)F. The van der Waals surface area contributed by atoms with Crippen LogP contribution in [-0.2, 0) is 14.6 Å². The number of aromatic nitrogens is 1. The predicted molar refractivity (Wildman–Crippen MR) is 117 cm³/mol. The van der Waals surface area contributed by atoms with Gasteiger partial charge in [-0.2, -0.15) is 13.2 Å². The number of alkyl halides is 3. The average molecular weight is 503 g/mol. The number of hydrogen-bond donors (Lipinski definition) is 0. The number of piperidine rings is 1. The minimum atomic E-state index is -4.59. The van der Waals surface area contributed by atoms with Crippen LogP contribution in [0.1, 0.15) is 26.2 Å². The molecule has 0 saturated carbocycles. The van der Waals surface area contributed by atoms with Gasteiger partial charge in [0.25, 0.3) is 5.56 Å². The second kappa shape index (κ2) is 10.1. The van der Waals surface area contributed by atoms with Gasteiger partial charge in [-0.15, -0.1) is 0 Å². The van der Waals surface area contributed by atoms with Crippen molar-refractivity contribution in [2.45, 2.75) is 49.4 Å². The number of nitrogens with zero attached hydrogens (tertiary/aromatic N) is 2. The summed E-state index contributed by atoms with van der Waals surface area (Å²) in [5, 5.41) is 0. The van der Waals surface area contributed by atoms with E-state index < -0.39 is 28.7 Å². The molecule has 0 aliphatic carbocycles. The Bertz CT molecular complexity index is 1180. The first kappa shape index (κ1) is 25.6. The van der Waals surface area contributed by atoms with Gasteiger partial charge in [-0.05, 0) is 36.8 Å². The maximum absolute atomic E-state index is 12.6. The number of amides is 1. The molecule has 2 heterocycles. The molecule has 0 radical (unpaired) electrons. The number of ether oxygens (including phenoxy) is 2. The van der Waals surface area contributed by atoms with Crippen molar-refractivity contribution in [3.8, 4) is 11.4 Å². The van der Waals surface area contributed by atoms with Crippen LogP contribution in [0.2, 0.25) is 0 Å². The topological polar surface area (TPSA) is 94.9 Å². The second-order valence-corrected chi connectivity index (χ2v) is 10.0. The first-order chi connectivity index (χ1) is 15.9. The van der Waals surface area contributed by atoms with E-state index in [1.807, 2.05) is 6.92 Å². The van der Waals surface area contributed by atoms with Crippen molar-refractivity contribution >= 4 is 15.9 Å². The van der Waals surface area contributed by atoms with Crippen molar-refractivity contribution in [3.63, 3.8) is 0 Å². The van der Waals surface area contributed by atoms with Crippen molar-refractivity contribution in [1.29, 1.82) is 0 Å². The molecular weight excluding hydrogens is 477 g/mol. The fraction of sp³-hybridized carbons (Fsp3) is 0.455. The molecule has 2 aromatic rings. The lowest BCUT2D eigenvalue weighted by atomic mass is 9.98. The van der Waals surface area contributed by atoms with Gasteiger partial charge in [0, 0.05) is 49.6 Å². The fourth-order valence-corrected chi connectivity index (χ4v) is 4.40. The summed E-state index contributed by atoms with van der Waals surface area (Å²) in [4.78, 5) is 26.1. The van der Waals surface area contributed by atoms with Crippen molar-refractivity contribution in [1.82, 2.24) is 9.47 Å². The summed E-state index contributed by atoms with van der Waals surface area (Å²) in [7, 11) is -3.35. The van der Waals surface area contributed by atoms with E-state index in [0.717, 1.165) is 6.26 Å². The molecule has 0 N–H and O–H groups in total. The van der Waals surface area contributed by atoms with Crippen LogP contribution in [-0.4, -0.2) is 61.7 Å². The summed E-state index contributed by atoms with van der Waals surface area (Å²) in [6, 6.07) is 8.43. The van der Waals surface area contributed by atoms with Crippen molar-refractivity contribution in [2.75, 3.05) is 19.4 Å². The molecule has 0 unspecified atom stereocenters. The quantitative estimate of drug-likeness (QED) is 0.600. The maximum Gasteiger partial charge on any atom is 0.422 e. The van der Waals surface area contributed by atoms with Gasteiger partial charge in [0.2, 0.25) is 0 Å². The van der Waals surface area contributed by atoms with Gasteiger partial charge in [0.15, 0.2) is 16.4 Å². The van der Waals surface area contributed by atoms with Gasteiger partial charge in [-0.25, -0.2) is 13.2 Å². The molecule has 1 saturated heterocycles. The molecule has 0 spiro atoms. The molecule has 2 atom stereocenters. The number of pyridine rings is 1. The van der Waals surface area contributed by atoms with Crippen LogP contribution in [0, 0.1) is 0 Å². The molecule has 1 aromatic carbocycles. The summed E-state index contributed by atoms with van der Waals surface area (Å²) in [6.07, 6.45) is -2.07.